The average Bonchev–Trinajstić information content (AvgIpc) is 0.939. The molecule has 0 aromatic rings. The maximum absolute atomic E-state index is 13.1. The third kappa shape index (κ3) is 76.9. The average molecular weight is 1550 g/mol. The Morgan fingerprint density at radius 1 is 0.311 bits per heavy atom. The van der Waals surface area contributed by atoms with Crippen LogP contribution in [0.5, 0.6) is 0 Å². The fourth-order valence-electron chi connectivity index (χ4n) is 12.9. The van der Waals surface area contributed by atoms with Crippen molar-refractivity contribution in [2.75, 3.05) is 39.6 Å². The van der Waals surface area contributed by atoms with E-state index in [2.05, 4.69) is 72.8 Å². The van der Waals surface area contributed by atoms with Gasteiger partial charge in [-0.2, -0.15) is 0 Å². The summed E-state index contributed by atoms with van der Waals surface area (Å²) in [6, 6.07) is 0. The van der Waals surface area contributed by atoms with Crippen LogP contribution in [0.3, 0.4) is 0 Å². The Bertz CT molecular complexity index is 2140. The highest BCUT2D eigenvalue weighted by Crippen LogP contribution is 2.45. The molecule has 19 heteroatoms. The van der Waals surface area contributed by atoms with E-state index in [1.165, 1.54) is 225 Å². The lowest BCUT2D eigenvalue weighted by Gasteiger charge is -2.21. The molecule has 0 saturated heterocycles. The van der Waals surface area contributed by atoms with Gasteiger partial charge in [-0.25, -0.2) is 9.13 Å². The van der Waals surface area contributed by atoms with Crippen molar-refractivity contribution in [3.05, 3.63) is 24.3 Å². The fraction of sp³-hybridized carbons (Fsp3) is 0.908. The van der Waals surface area contributed by atoms with Gasteiger partial charge in [0.05, 0.1) is 26.4 Å². The van der Waals surface area contributed by atoms with Crippen LogP contribution in [0.25, 0.3) is 0 Å². The first-order valence-corrected chi connectivity index (χ1v) is 47.2. The molecule has 3 N–H and O–H groups in total. The Morgan fingerprint density at radius 3 is 0.840 bits per heavy atom. The zero-order valence-electron chi connectivity index (χ0n) is 69.4. The molecule has 106 heavy (non-hydrogen) atoms. The molecule has 0 radical (unpaired) electrons. The number of unbranched alkanes of at least 4 members (excludes halogenated alkanes) is 46. The molecular formula is C87H166O17P2. The van der Waals surface area contributed by atoms with Crippen LogP contribution in [-0.2, 0) is 65.4 Å². The summed E-state index contributed by atoms with van der Waals surface area (Å²) in [5.74, 6) is 0.273. The molecule has 0 aliphatic rings. The molecule has 0 rings (SSSR count). The van der Waals surface area contributed by atoms with Crippen molar-refractivity contribution in [3.63, 3.8) is 0 Å². The number of esters is 4. The Balaban J connectivity index is 5.22. The van der Waals surface area contributed by atoms with Crippen molar-refractivity contribution in [2.45, 2.75) is 452 Å². The van der Waals surface area contributed by atoms with E-state index < -0.39 is 97.5 Å². The fourth-order valence-corrected chi connectivity index (χ4v) is 14.5. The molecule has 0 fully saturated rings. The lowest BCUT2D eigenvalue weighted by atomic mass is 9.99. The summed E-state index contributed by atoms with van der Waals surface area (Å²) in [5.41, 5.74) is 0. The SMILES string of the molecule is CCCCCC/C=C\C=C/CCCCCCCC(=O)O[C@H](COC(=O)CCCCCCCCCCCCCCCCCCCCC(C)CC)COP(=O)(O)OC[C@@H](O)COP(=O)(O)OC[C@@H](COC(=O)CCCCCCCCC(C)CC)OC(=O)CCCCCCCCCCCCCCCCCCC(C)C. The monoisotopic (exact) mass is 1550 g/mol. The van der Waals surface area contributed by atoms with Crippen LogP contribution < -0.4 is 0 Å². The van der Waals surface area contributed by atoms with Gasteiger partial charge in [-0.1, -0.05) is 381 Å². The van der Waals surface area contributed by atoms with E-state index in [0.717, 1.165) is 127 Å². The van der Waals surface area contributed by atoms with Crippen molar-refractivity contribution >= 4 is 39.5 Å². The number of carbonyl (C=O) groups excluding carboxylic acids is 4. The maximum Gasteiger partial charge on any atom is 0.472 e. The minimum Gasteiger partial charge on any atom is -0.462 e. The summed E-state index contributed by atoms with van der Waals surface area (Å²) in [6.07, 6.45) is 70.3. The Kier molecular flexibility index (Phi) is 74.7. The molecule has 626 valence electrons. The molecule has 0 aliphatic heterocycles. The lowest BCUT2D eigenvalue weighted by molar-refractivity contribution is -0.161. The standard InChI is InChI=1S/C87H166O17P2/c1-8-11-12-13-14-15-16-17-24-32-37-42-47-56-63-70-86(91)103-82(74-97-84(89)68-61-54-46-41-36-31-27-21-19-18-20-26-30-35-40-45-52-59-66-79(6)9-2)76-101-105(93,94)99-72-81(88)73-100-106(95,96)102-77-83(75-98-85(90)69-62-55-50-49-53-60-67-80(7)10-3)104-87(92)71-64-57-48-43-38-33-28-23-22-25-29-34-39-44-51-58-65-78(4)5/h15-17,24,78-83,88H,8-14,18-23,25-77H2,1-7H3,(H,93,94)(H,95,96)/b16-15-,24-17-/t79?,80?,81-,82-,83-/m1/s1. The van der Waals surface area contributed by atoms with Crippen LogP contribution in [0.2, 0.25) is 0 Å². The minimum atomic E-state index is -4.97. The van der Waals surface area contributed by atoms with Crippen molar-refractivity contribution < 1.29 is 80.2 Å². The summed E-state index contributed by atoms with van der Waals surface area (Å²) >= 11 is 0. The molecule has 0 aromatic heterocycles. The van der Waals surface area contributed by atoms with E-state index in [4.69, 9.17) is 37.0 Å². The molecule has 0 spiro atoms. The Hall–Kier alpha value is -2.46. The van der Waals surface area contributed by atoms with E-state index in [9.17, 15) is 43.2 Å². The quantitative estimate of drug-likeness (QED) is 0.0169. The van der Waals surface area contributed by atoms with Crippen LogP contribution in [0.1, 0.15) is 434 Å². The number of ether oxygens (including phenoxy) is 4. The van der Waals surface area contributed by atoms with E-state index in [-0.39, 0.29) is 25.7 Å². The number of hydrogen-bond acceptors (Lipinski definition) is 15. The largest absolute Gasteiger partial charge is 0.472 e. The van der Waals surface area contributed by atoms with E-state index in [1.54, 1.807) is 0 Å². The summed E-state index contributed by atoms with van der Waals surface area (Å²) in [5, 5.41) is 10.7. The normalized spacial score (nSPS) is 14.5. The summed E-state index contributed by atoms with van der Waals surface area (Å²) in [6.45, 7) is 12.0. The van der Waals surface area contributed by atoms with Crippen LogP contribution in [0.4, 0.5) is 0 Å². The van der Waals surface area contributed by atoms with Gasteiger partial charge < -0.3 is 33.8 Å². The number of aliphatic hydroxyl groups excluding tert-OH is 1. The molecule has 4 unspecified atom stereocenters. The topological polar surface area (TPSA) is 237 Å². The number of rotatable bonds is 83. The summed E-state index contributed by atoms with van der Waals surface area (Å²) in [4.78, 5) is 73.2. The van der Waals surface area contributed by atoms with Crippen LogP contribution >= 0.6 is 15.6 Å². The second-order valence-corrected chi connectivity index (χ2v) is 34.5. The molecule has 0 amide bonds. The number of hydrogen-bond donors (Lipinski definition) is 3. The first-order valence-electron chi connectivity index (χ1n) is 44.2. The number of phosphoric ester groups is 2. The van der Waals surface area contributed by atoms with Gasteiger partial charge in [0.25, 0.3) is 0 Å². The number of allylic oxidation sites excluding steroid dienone is 4. The predicted molar refractivity (Wildman–Crippen MR) is 437 cm³/mol. The lowest BCUT2D eigenvalue weighted by Crippen LogP contribution is -2.30. The zero-order chi connectivity index (χ0) is 77.9. The van der Waals surface area contributed by atoms with Crippen molar-refractivity contribution in [1.82, 2.24) is 0 Å². The second kappa shape index (κ2) is 76.5. The smallest absolute Gasteiger partial charge is 0.462 e. The summed E-state index contributed by atoms with van der Waals surface area (Å²) < 4.78 is 68.8. The third-order valence-electron chi connectivity index (χ3n) is 20.5. The van der Waals surface area contributed by atoms with Crippen molar-refractivity contribution in [2.24, 2.45) is 17.8 Å². The minimum absolute atomic E-state index is 0.0854. The van der Waals surface area contributed by atoms with Crippen molar-refractivity contribution in [3.8, 4) is 0 Å². The zero-order valence-corrected chi connectivity index (χ0v) is 71.2. The number of aliphatic hydroxyl groups is 1. The van der Waals surface area contributed by atoms with Gasteiger partial charge in [0.15, 0.2) is 12.2 Å². The molecule has 0 heterocycles. The van der Waals surface area contributed by atoms with Gasteiger partial charge in [0.1, 0.15) is 19.3 Å². The third-order valence-corrected chi connectivity index (χ3v) is 22.4. The Morgan fingerprint density at radius 2 is 0.557 bits per heavy atom. The number of carbonyl (C=O) groups is 4. The van der Waals surface area contributed by atoms with E-state index in [0.29, 0.717) is 25.7 Å². The molecule has 0 aliphatic carbocycles. The molecule has 0 bridgehead atoms. The highest BCUT2D eigenvalue weighted by Gasteiger charge is 2.30. The van der Waals surface area contributed by atoms with Crippen LogP contribution in [-0.4, -0.2) is 96.7 Å². The van der Waals surface area contributed by atoms with Gasteiger partial charge in [-0.3, -0.25) is 37.3 Å². The van der Waals surface area contributed by atoms with E-state index >= 15 is 0 Å². The molecule has 17 nitrogen and oxygen atoms in total. The van der Waals surface area contributed by atoms with Gasteiger partial charge in [0.2, 0.25) is 0 Å². The molecule has 7 atom stereocenters. The Labute approximate surface area is 650 Å². The van der Waals surface area contributed by atoms with Gasteiger partial charge >= 0.3 is 39.5 Å². The highest BCUT2D eigenvalue weighted by atomic mass is 31.2. The molecular weight excluding hydrogens is 1380 g/mol. The number of phosphoric acid groups is 2. The van der Waals surface area contributed by atoms with Gasteiger partial charge in [-0.15, -0.1) is 0 Å². The van der Waals surface area contributed by atoms with Crippen LogP contribution in [0, 0.1) is 17.8 Å². The second-order valence-electron chi connectivity index (χ2n) is 31.6. The van der Waals surface area contributed by atoms with Crippen LogP contribution in [0.15, 0.2) is 24.3 Å². The maximum atomic E-state index is 13.1. The first kappa shape index (κ1) is 104. The van der Waals surface area contributed by atoms with E-state index in [1.807, 2.05) is 0 Å². The highest BCUT2D eigenvalue weighted by molar-refractivity contribution is 7.47. The van der Waals surface area contributed by atoms with Gasteiger partial charge in [-0.05, 0) is 69.1 Å². The van der Waals surface area contributed by atoms with Crippen molar-refractivity contribution in [1.29, 1.82) is 0 Å². The molecule has 0 saturated carbocycles. The molecule has 0 aromatic carbocycles. The van der Waals surface area contributed by atoms with Gasteiger partial charge in [0, 0.05) is 25.7 Å². The summed E-state index contributed by atoms with van der Waals surface area (Å²) in [7, 11) is -9.94. The first-order chi connectivity index (χ1) is 51.3. The predicted octanol–water partition coefficient (Wildman–Crippen LogP) is 26.0.